The molecule has 0 bridgehead atoms. The average molecular weight is 290 g/mol. The van der Waals surface area contributed by atoms with Gasteiger partial charge in [0, 0.05) is 18.7 Å². The van der Waals surface area contributed by atoms with Gasteiger partial charge in [-0.15, -0.1) is 0 Å². The first-order chi connectivity index (χ1) is 10.0. The number of rotatable bonds is 5. The third-order valence-electron chi connectivity index (χ3n) is 3.38. The van der Waals surface area contributed by atoms with Crippen molar-refractivity contribution in [3.63, 3.8) is 0 Å². The van der Waals surface area contributed by atoms with Gasteiger partial charge in [0.2, 0.25) is 0 Å². The molecule has 0 aliphatic carbocycles. The molecular formula is C15H20N3O3+. The maximum atomic E-state index is 12.1. The van der Waals surface area contributed by atoms with E-state index in [0.717, 1.165) is 5.82 Å². The maximum Gasteiger partial charge on any atom is 0.266 e. The number of hydrogen-bond donors (Lipinski definition) is 1. The number of amides is 1. The van der Waals surface area contributed by atoms with Crippen LogP contribution in [-0.2, 0) is 18.4 Å². The standard InChI is InChI=1S/C15H19N3O3/c1-11-17(2)7-8-18(11)10-15(19)16-12-5-6-13(20-3)14(9-12)21-4/h5-9H,10H2,1-4H3/p+1. The largest absolute Gasteiger partial charge is 0.493 e. The van der Waals surface area contributed by atoms with Gasteiger partial charge >= 0.3 is 0 Å². The normalized spacial score (nSPS) is 10.3. The minimum absolute atomic E-state index is 0.0958. The van der Waals surface area contributed by atoms with Gasteiger partial charge in [-0.25, -0.2) is 9.13 Å². The third-order valence-corrected chi connectivity index (χ3v) is 3.38. The summed E-state index contributed by atoms with van der Waals surface area (Å²) in [4.78, 5) is 12.1. The molecule has 21 heavy (non-hydrogen) atoms. The van der Waals surface area contributed by atoms with E-state index in [1.807, 2.05) is 35.5 Å². The Hall–Kier alpha value is -2.50. The molecule has 0 aliphatic rings. The van der Waals surface area contributed by atoms with Gasteiger partial charge in [0.15, 0.2) is 18.0 Å². The van der Waals surface area contributed by atoms with Gasteiger partial charge in [0.1, 0.15) is 12.4 Å². The molecule has 1 aromatic heterocycles. The molecule has 2 aromatic rings. The molecule has 2 rings (SSSR count). The Morgan fingerprint density at radius 3 is 2.57 bits per heavy atom. The number of methoxy groups -OCH3 is 2. The lowest BCUT2D eigenvalue weighted by Gasteiger charge is -2.10. The molecule has 0 radical (unpaired) electrons. The number of imidazole rings is 1. The quantitative estimate of drug-likeness (QED) is 0.844. The Morgan fingerprint density at radius 1 is 1.29 bits per heavy atom. The van der Waals surface area contributed by atoms with E-state index in [-0.39, 0.29) is 12.5 Å². The molecule has 1 heterocycles. The zero-order valence-electron chi connectivity index (χ0n) is 12.7. The first kappa shape index (κ1) is 14.9. The Kier molecular flexibility index (Phi) is 4.47. The Bertz CT molecular complexity index is 650. The van der Waals surface area contributed by atoms with Crippen molar-refractivity contribution in [2.24, 2.45) is 7.05 Å². The molecule has 0 unspecified atom stereocenters. The van der Waals surface area contributed by atoms with Crippen molar-refractivity contribution in [2.75, 3.05) is 19.5 Å². The van der Waals surface area contributed by atoms with Crippen molar-refractivity contribution in [1.82, 2.24) is 4.57 Å². The van der Waals surface area contributed by atoms with Crippen molar-refractivity contribution in [3.8, 4) is 11.5 Å². The first-order valence-electron chi connectivity index (χ1n) is 6.58. The first-order valence-corrected chi connectivity index (χ1v) is 6.58. The van der Waals surface area contributed by atoms with E-state index in [2.05, 4.69) is 5.32 Å². The van der Waals surface area contributed by atoms with Crippen LogP contribution in [0, 0.1) is 6.92 Å². The van der Waals surface area contributed by atoms with E-state index >= 15 is 0 Å². The minimum Gasteiger partial charge on any atom is -0.493 e. The van der Waals surface area contributed by atoms with Crippen molar-refractivity contribution in [3.05, 3.63) is 36.4 Å². The van der Waals surface area contributed by atoms with Gasteiger partial charge in [0.25, 0.3) is 11.7 Å². The lowest BCUT2D eigenvalue weighted by atomic mass is 10.2. The van der Waals surface area contributed by atoms with Crippen molar-refractivity contribution in [2.45, 2.75) is 13.5 Å². The average Bonchev–Trinajstić information content (AvgIpc) is 2.79. The van der Waals surface area contributed by atoms with Gasteiger partial charge in [-0.1, -0.05) is 0 Å². The summed E-state index contributed by atoms with van der Waals surface area (Å²) < 4.78 is 14.2. The summed E-state index contributed by atoms with van der Waals surface area (Å²) in [6, 6.07) is 5.27. The molecule has 6 heteroatoms. The smallest absolute Gasteiger partial charge is 0.266 e. The number of nitrogens with zero attached hydrogens (tertiary/aromatic N) is 2. The Labute approximate surface area is 123 Å². The van der Waals surface area contributed by atoms with Crippen LogP contribution in [0.15, 0.2) is 30.6 Å². The van der Waals surface area contributed by atoms with E-state index in [1.54, 1.807) is 32.4 Å². The van der Waals surface area contributed by atoms with Crippen LogP contribution >= 0.6 is 0 Å². The van der Waals surface area contributed by atoms with E-state index < -0.39 is 0 Å². The molecule has 0 aliphatic heterocycles. The fraction of sp³-hybridized carbons (Fsp3) is 0.333. The van der Waals surface area contributed by atoms with Crippen molar-refractivity contribution < 1.29 is 18.8 Å². The Morgan fingerprint density at radius 2 is 2.00 bits per heavy atom. The Balaban J connectivity index is 2.07. The molecule has 0 saturated carbocycles. The second-order valence-electron chi connectivity index (χ2n) is 4.70. The van der Waals surface area contributed by atoms with Gasteiger partial charge < -0.3 is 14.8 Å². The summed E-state index contributed by atoms with van der Waals surface area (Å²) in [7, 11) is 5.08. The summed E-state index contributed by atoms with van der Waals surface area (Å²) in [6.07, 6.45) is 3.79. The predicted octanol–water partition coefficient (Wildman–Crippen LogP) is 1.28. The number of hydrogen-bond acceptors (Lipinski definition) is 3. The highest BCUT2D eigenvalue weighted by Gasteiger charge is 2.14. The highest BCUT2D eigenvalue weighted by atomic mass is 16.5. The zero-order valence-corrected chi connectivity index (χ0v) is 12.7. The van der Waals surface area contributed by atoms with Gasteiger partial charge in [0.05, 0.1) is 21.3 Å². The second-order valence-corrected chi connectivity index (χ2v) is 4.70. The van der Waals surface area contributed by atoms with Gasteiger partial charge in [-0.2, -0.15) is 0 Å². The van der Waals surface area contributed by atoms with E-state index in [1.165, 1.54) is 0 Å². The SMILES string of the molecule is COc1ccc(NC(=O)Cn2cc[n+](C)c2C)cc1OC. The van der Waals surface area contributed by atoms with Gasteiger partial charge in [-0.05, 0) is 12.1 Å². The summed E-state index contributed by atoms with van der Waals surface area (Å²) in [5.41, 5.74) is 0.673. The van der Waals surface area contributed by atoms with Crippen LogP contribution < -0.4 is 19.4 Å². The van der Waals surface area contributed by atoms with Gasteiger partial charge in [-0.3, -0.25) is 4.79 Å². The maximum absolute atomic E-state index is 12.1. The fourth-order valence-corrected chi connectivity index (χ4v) is 2.04. The topological polar surface area (TPSA) is 56.4 Å². The molecule has 0 saturated heterocycles. The van der Waals surface area contributed by atoms with Crippen LogP contribution in [0.2, 0.25) is 0 Å². The lowest BCUT2D eigenvalue weighted by molar-refractivity contribution is -0.677. The zero-order chi connectivity index (χ0) is 15.4. The number of ether oxygens (including phenoxy) is 2. The van der Waals surface area contributed by atoms with Crippen LogP contribution in [0.3, 0.4) is 0 Å². The predicted molar refractivity (Wildman–Crippen MR) is 78.5 cm³/mol. The highest BCUT2D eigenvalue weighted by Crippen LogP contribution is 2.29. The monoisotopic (exact) mass is 290 g/mol. The van der Waals surface area contributed by atoms with Crippen LogP contribution in [-0.4, -0.2) is 24.7 Å². The van der Waals surface area contributed by atoms with Crippen LogP contribution in [0.4, 0.5) is 5.69 Å². The molecule has 6 nitrogen and oxygen atoms in total. The highest BCUT2D eigenvalue weighted by molar-refractivity contribution is 5.90. The molecule has 0 spiro atoms. The van der Waals surface area contributed by atoms with Crippen molar-refractivity contribution in [1.29, 1.82) is 0 Å². The number of aryl methyl sites for hydroxylation is 1. The number of aromatic nitrogens is 2. The summed E-state index contributed by atoms with van der Waals surface area (Å²) >= 11 is 0. The fourth-order valence-electron chi connectivity index (χ4n) is 2.04. The van der Waals surface area contributed by atoms with Crippen molar-refractivity contribution >= 4 is 11.6 Å². The van der Waals surface area contributed by atoms with Crippen LogP contribution in [0.1, 0.15) is 5.82 Å². The number of benzene rings is 1. The molecule has 1 amide bonds. The number of nitrogens with one attached hydrogen (secondary N) is 1. The number of anilines is 1. The van der Waals surface area contributed by atoms with E-state index in [0.29, 0.717) is 17.2 Å². The minimum atomic E-state index is -0.0958. The third kappa shape index (κ3) is 3.34. The van der Waals surface area contributed by atoms with Crippen LogP contribution in [0.5, 0.6) is 11.5 Å². The molecule has 1 aromatic carbocycles. The van der Waals surface area contributed by atoms with E-state index in [9.17, 15) is 4.79 Å². The van der Waals surface area contributed by atoms with E-state index in [4.69, 9.17) is 9.47 Å². The molecular weight excluding hydrogens is 270 g/mol. The molecule has 112 valence electrons. The number of carbonyl (C=O) groups excluding carboxylic acids is 1. The molecule has 1 N–H and O–H groups in total. The summed E-state index contributed by atoms with van der Waals surface area (Å²) in [5.74, 6) is 2.13. The summed E-state index contributed by atoms with van der Waals surface area (Å²) in [5, 5.41) is 2.85. The number of carbonyl (C=O) groups is 1. The van der Waals surface area contributed by atoms with Crippen LogP contribution in [0.25, 0.3) is 0 Å². The second kappa shape index (κ2) is 6.30. The molecule has 0 atom stereocenters. The lowest BCUT2D eigenvalue weighted by Crippen LogP contribution is -2.31. The molecule has 0 fully saturated rings. The summed E-state index contributed by atoms with van der Waals surface area (Å²) in [6.45, 7) is 2.23.